The molecule has 1 aromatic rings. The molecule has 0 N–H and O–H groups in total. The molecule has 5 heteroatoms. The van der Waals surface area contributed by atoms with E-state index in [9.17, 15) is 13.2 Å². The van der Waals surface area contributed by atoms with Crippen LogP contribution in [0.25, 0.3) is 0 Å². The smallest absolute Gasteiger partial charge is 0.248 e. The average molecular weight is 291 g/mol. The predicted octanol–water partition coefficient (Wildman–Crippen LogP) is 4.16. The molecule has 0 amide bonds. The molecule has 0 spiro atoms. The molecule has 0 atom stereocenters. The van der Waals surface area contributed by atoms with E-state index >= 15 is 0 Å². The van der Waals surface area contributed by atoms with Gasteiger partial charge in [-0.2, -0.15) is 13.2 Å². The number of halogens is 4. The summed E-state index contributed by atoms with van der Waals surface area (Å²) in [6, 6.07) is 1.16. The molecule has 0 aliphatic rings. The van der Waals surface area contributed by atoms with Crippen LogP contribution in [0, 0.1) is 0 Å². The van der Waals surface area contributed by atoms with E-state index in [2.05, 4.69) is 20.9 Å². The minimum Gasteiger partial charge on any atom is -0.248 e. The van der Waals surface area contributed by atoms with E-state index in [-0.39, 0.29) is 4.47 Å². The predicted molar refractivity (Wildman–Crippen MR) is 55.6 cm³/mol. The number of nitrogens with zero attached hydrogens (tertiary/aromatic N) is 1. The zero-order chi connectivity index (χ0) is 19.4. The summed E-state index contributed by atoms with van der Waals surface area (Å²) < 4.78 is 106. The van der Waals surface area contributed by atoms with E-state index in [1.165, 1.54) is 0 Å². The average Bonchev–Trinajstić information content (AvgIpc) is 2.20. The van der Waals surface area contributed by atoms with Crippen LogP contribution in [0.2, 0.25) is 0 Å². The van der Waals surface area contributed by atoms with Gasteiger partial charge >= 0.3 is 6.18 Å². The molecule has 15 heavy (non-hydrogen) atoms. The fourth-order valence-corrected chi connectivity index (χ4v) is 1.27. The third kappa shape index (κ3) is 3.19. The first-order valence-electron chi connectivity index (χ1n) is 8.11. The van der Waals surface area contributed by atoms with Crippen molar-refractivity contribution in [2.24, 2.45) is 0 Å². The summed E-state index contributed by atoms with van der Waals surface area (Å²) in [6.45, 7) is -11.0. The maximum Gasteiger partial charge on any atom is 0.433 e. The Bertz CT molecular complexity index is 582. The highest BCUT2D eigenvalue weighted by Crippen LogP contribution is 2.32. The number of hydrogen-bond donors (Lipinski definition) is 0. The zero-order valence-corrected chi connectivity index (χ0v) is 8.70. The second-order valence-corrected chi connectivity index (χ2v) is 3.72. The highest BCUT2D eigenvalue weighted by atomic mass is 79.9. The van der Waals surface area contributed by atoms with Gasteiger partial charge in [0.05, 0.1) is 0 Å². The van der Waals surface area contributed by atoms with Crippen LogP contribution < -0.4 is 0 Å². The SMILES string of the molecule is [2H]C([2H])([2H])C(c1cc(Br)cc(C(F)(F)F)n1)(C([2H])([2H])[2H])C([2H])([2H])[2H]. The molecular formula is C10H11BrF3N. The minimum absolute atomic E-state index is 0.345. The van der Waals surface area contributed by atoms with Gasteiger partial charge < -0.3 is 0 Å². The first kappa shape index (κ1) is 4.73. The summed E-state index contributed by atoms with van der Waals surface area (Å²) >= 11 is 2.71. The summed E-state index contributed by atoms with van der Waals surface area (Å²) in [5.41, 5.74) is -6.39. The molecule has 1 nitrogen and oxygen atoms in total. The molecule has 1 heterocycles. The Labute approximate surface area is 107 Å². The van der Waals surface area contributed by atoms with Crippen LogP contribution in [0.4, 0.5) is 13.2 Å². The molecule has 0 fully saturated rings. The van der Waals surface area contributed by atoms with Crippen molar-refractivity contribution >= 4 is 15.9 Å². The van der Waals surface area contributed by atoms with Gasteiger partial charge in [-0.25, -0.2) is 4.98 Å². The van der Waals surface area contributed by atoms with Gasteiger partial charge in [0.2, 0.25) is 0 Å². The second kappa shape index (κ2) is 3.77. The summed E-state index contributed by atoms with van der Waals surface area (Å²) in [7, 11) is 0. The lowest BCUT2D eigenvalue weighted by molar-refractivity contribution is -0.141. The highest BCUT2D eigenvalue weighted by Gasteiger charge is 2.34. The largest absolute Gasteiger partial charge is 0.433 e. The fraction of sp³-hybridized carbons (Fsp3) is 0.500. The summed E-state index contributed by atoms with van der Waals surface area (Å²) in [5, 5.41) is 0. The van der Waals surface area contributed by atoms with Crippen LogP contribution >= 0.6 is 15.9 Å². The molecule has 1 rings (SSSR count). The van der Waals surface area contributed by atoms with Crippen LogP contribution in [0.15, 0.2) is 16.6 Å². The quantitative estimate of drug-likeness (QED) is 0.699. The molecule has 0 bridgehead atoms. The topological polar surface area (TPSA) is 12.9 Å². The third-order valence-corrected chi connectivity index (χ3v) is 1.92. The Balaban J connectivity index is 3.99. The Morgan fingerprint density at radius 3 is 2.20 bits per heavy atom. The van der Waals surface area contributed by atoms with Gasteiger partial charge in [0.1, 0.15) is 5.69 Å². The number of alkyl halides is 3. The van der Waals surface area contributed by atoms with Gasteiger partial charge in [-0.15, -0.1) is 0 Å². The maximum absolute atomic E-state index is 12.9. The molecule has 84 valence electrons. The first-order chi connectivity index (χ1) is 10.4. The Morgan fingerprint density at radius 2 is 1.73 bits per heavy atom. The fourth-order valence-electron chi connectivity index (χ4n) is 0.835. The van der Waals surface area contributed by atoms with Gasteiger partial charge in [-0.3, -0.25) is 0 Å². The normalized spacial score (nSPS) is 24.4. The first-order valence-corrected chi connectivity index (χ1v) is 4.40. The Kier molecular flexibility index (Phi) is 1.19. The third-order valence-electron chi connectivity index (χ3n) is 1.46. The second-order valence-electron chi connectivity index (χ2n) is 2.80. The van der Waals surface area contributed by atoms with Crippen molar-refractivity contribution in [3.63, 3.8) is 0 Å². The molecule has 0 saturated heterocycles. The van der Waals surface area contributed by atoms with Crippen molar-refractivity contribution in [2.75, 3.05) is 0 Å². The summed E-state index contributed by atoms with van der Waals surface area (Å²) in [5.74, 6) is 0. The molecule has 0 radical (unpaired) electrons. The van der Waals surface area contributed by atoms with Crippen LogP contribution in [-0.4, -0.2) is 4.98 Å². The molecule has 0 unspecified atom stereocenters. The molecular weight excluding hydrogens is 271 g/mol. The van der Waals surface area contributed by atoms with Crippen LogP contribution in [-0.2, 0) is 11.6 Å². The van der Waals surface area contributed by atoms with Crippen LogP contribution in [0.3, 0.4) is 0 Å². The van der Waals surface area contributed by atoms with Gasteiger partial charge in [-0.05, 0) is 12.1 Å². The molecule has 0 aliphatic carbocycles. The standard InChI is InChI=1S/C10H11BrF3N/c1-9(2,3)7-4-6(11)5-8(15-7)10(12,13)14/h4-5H,1-3H3/i1D3,2D3,3D3. The number of hydrogen-bond acceptors (Lipinski definition) is 1. The maximum atomic E-state index is 12.9. The lowest BCUT2D eigenvalue weighted by atomic mass is 9.91. The van der Waals surface area contributed by atoms with Gasteiger partial charge in [0, 0.05) is 27.9 Å². The number of aromatic nitrogens is 1. The van der Waals surface area contributed by atoms with E-state index in [1.54, 1.807) is 0 Å². The van der Waals surface area contributed by atoms with Crippen molar-refractivity contribution in [1.29, 1.82) is 0 Å². The Hall–Kier alpha value is -0.580. The van der Waals surface area contributed by atoms with Crippen molar-refractivity contribution in [3.8, 4) is 0 Å². The zero-order valence-electron chi connectivity index (χ0n) is 16.1. The van der Waals surface area contributed by atoms with E-state index in [4.69, 9.17) is 12.3 Å². The summed E-state index contributed by atoms with van der Waals surface area (Å²) in [4.78, 5) is 3.04. The van der Waals surface area contributed by atoms with Gasteiger partial charge in [0.25, 0.3) is 0 Å². The lowest BCUT2D eigenvalue weighted by Gasteiger charge is -2.19. The molecule has 0 saturated carbocycles. The highest BCUT2D eigenvalue weighted by molar-refractivity contribution is 9.10. The van der Waals surface area contributed by atoms with Crippen molar-refractivity contribution in [1.82, 2.24) is 4.98 Å². The van der Waals surface area contributed by atoms with Crippen molar-refractivity contribution in [2.45, 2.75) is 32.1 Å². The van der Waals surface area contributed by atoms with Crippen LogP contribution in [0.1, 0.15) is 44.3 Å². The van der Waals surface area contributed by atoms with Gasteiger partial charge in [0.15, 0.2) is 0 Å². The lowest BCUT2D eigenvalue weighted by Crippen LogP contribution is -2.17. The number of rotatable bonds is 0. The molecule has 0 aliphatic heterocycles. The minimum atomic E-state index is -5.03. The summed E-state index contributed by atoms with van der Waals surface area (Å²) in [6.07, 6.45) is -5.03. The van der Waals surface area contributed by atoms with E-state index in [0.29, 0.717) is 12.1 Å². The van der Waals surface area contributed by atoms with Crippen molar-refractivity contribution in [3.05, 3.63) is 28.0 Å². The Morgan fingerprint density at radius 1 is 1.20 bits per heavy atom. The van der Waals surface area contributed by atoms with Crippen LogP contribution in [0.5, 0.6) is 0 Å². The van der Waals surface area contributed by atoms with E-state index in [0.717, 1.165) is 0 Å². The molecule has 1 aromatic heterocycles. The monoisotopic (exact) mass is 290 g/mol. The van der Waals surface area contributed by atoms with E-state index in [1.807, 2.05) is 0 Å². The molecule has 0 aromatic carbocycles. The van der Waals surface area contributed by atoms with E-state index < -0.39 is 43.5 Å². The number of pyridine rings is 1. The van der Waals surface area contributed by atoms with Gasteiger partial charge in [-0.1, -0.05) is 36.5 Å². The van der Waals surface area contributed by atoms with Crippen molar-refractivity contribution < 1.29 is 25.5 Å².